The molecule has 0 heterocycles. The van der Waals surface area contributed by atoms with Gasteiger partial charge in [-0.15, -0.1) is 0 Å². The Morgan fingerprint density at radius 2 is 1.48 bits per heavy atom. The van der Waals surface area contributed by atoms with Crippen LogP contribution in [0.4, 0.5) is 0 Å². The lowest BCUT2D eigenvalue weighted by molar-refractivity contribution is -0.131. The normalized spacial score (nSPS) is 16.7. The minimum atomic E-state index is -0.653. The summed E-state index contributed by atoms with van der Waals surface area (Å²) in [5.41, 5.74) is 1.30. The smallest absolute Gasteiger partial charge is 0.223 e. The lowest BCUT2D eigenvalue weighted by Gasteiger charge is -2.32. The Labute approximate surface area is 126 Å². The van der Waals surface area contributed by atoms with Crippen LogP contribution in [-0.2, 0) is 14.4 Å². The van der Waals surface area contributed by atoms with Gasteiger partial charge in [0.25, 0.3) is 0 Å². The molecule has 4 heteroatoms. The summed E-state index contributed by atoms with van der Waals surface area (Å²) in [7, 11) is 1.74. The van der Waals surface area contributed by atoms with E-state index in [-0.39, 0.29) is 23.9 Å². The minimum Gasteiger partial charge on any atom is -0.346 e. The van der Waals surface area contributed by atoms with Gasteiger partial charge < -0.3 is 4.90 Å². The average Bonchev–Trinajstić information content (AvgIpc) is 2.41. The van der Waals surface area contributed by atoms with Gasteiger partial charge in [0.1, 0.15) is 0 Å². The van der Waals surface area contributed by atoms with Crippen LogP contribution in [-0.4, -0.2) is 36.0 Å². The van der Waals surface area contributed by atoms with E-state index < -0.39 is 5.41 Å². The molecule has 0 saturated heterocycles. The van der Waals surface area contributed by atoms with Gasteiger partial charge in [0.2, 0.25) is 5.91 Å². The molecular weight excluding hydrogens is 266 g/mol. The first-order valence-electron chi connectivity index (χ1n) is 7.26. The molecule has 0 unspecified atom stereocenters. The largest absolute Gasteiger partial charge is 0.346 e. The fourth-order valence-corrected chi connectivity index (χ4v) is 2.69. The molecule has 1 amide bonds. The van der Waals surface area contributed by atoms with Gasteiger partial charge in [0.05, 0.1) is 0 Å². The number of rotatable bonds is 4. The molecule has 0 aliphatic heterocycles. The number of Topliss-reactive ketones (excluding diaryl/α,β-unsaturated/α-hetero) is 2. The maximum absolute atomic E-state index is 12.6. The molecule has 4 nitrogen and oxygen atoms in total. The summed E-state index contributed by atoms with van der Waals surface area (Å²) in [6.45, 7) is 11.3. The highest BCUT2D eigenvalue weighted by Gasteiger charge is 2.38. The standard InChI is InChI=1S/C17H25NO3/c1-8-18(7)13(19)9-17(5,6)14-12(4)15(20)10(2)11(3)16(14)21/h8-9H2,1-7H3. The third kappa shape index (κ3) is 3.14. The van der Waals surface area contributed by atoms with Crippen LogP contribution in [0.5, 0.6) is 0 Å². The molecule has 0 aromatic rings. The molecule has 0 saturated carbocycles. The van der Waals surface area contributed by atoms with Crippen molar-refractivity contribution in [2.75, 3.05) is 13.6 Å². The van der Waals surface area contributed by atoms with E-state index in [2.05, 4.69) is 0 Å². The second kappa shape index (κ2) is 5.96. The molecule has 0 N–H and O–H groups in total. The van der Waals surface area contributed by atoms with E-state index in [0.29, 0.717) is 28.8 Å². The van der Waals surface area contributed by atoms with Crippen LogP contribution in [0.3, 0.4) is 0 Å². The lowest BCUT2D eigenvalue weighted by atomic mass is 9.71. The maximum Gasteiger partial charge on any atom is 0.223 e. The molecule has 0 bridgehead atoms. The van der Waals surface area contributed by atoms with E-state index in [4.69, 9.17) is 0 Å². The van der Waals surface area contributed by atoms with E-state index in [1.807, 2.05) is 20.8 Å². The molecule has 0 aromatic carbocycles. The van der Waals surface area contributed by atoms with Crippen LogP contribution in [0.15, 0.2) is 22.3 Å². The molecule has 0 spiro atoms. The van der Waals surface area contributed by atoms with Crippen LogP contribution in [0.2, 0.25) is 0 Å². The predicted molar refractivity (Wildman–Crippen MR) is 82.8 cm³/mol. The van der Waals surface area contributed by atoms with Crippen molar-refractivity contribution in [2.24, 2.45) is 5.41 Å². The first kappa shape index (κ1) is 17.3. The topological polar surface area (TPSA) is 54.5 Å². The quantitative estimate of drug-likeness (QED) is 0.748. The summed E-state index contributed by atoms with van der Waals surface area (Å²) in [6, 6.07) is 0. The van der Waals surface area contributed by atoms with Crippen molar-refractivity contribution in [3.8, 4) is 0 Å². The molecule has 0 atom stereocenters. The van der Waals surface area contributed by atoms with Crippen molar-refractivity contribution in [3.05, 3.63) is 22.3 Å². The fourth-order valence-electron chi connectivity index (χ4n) is 2.69. The van der Waals surface area contributed by atoms with Crippen molar-refractivity contribution in [2.45, 2.75) is 48.0 Å². The van der Waals surface area contributed by atoms with Crippen LogP contribution >= 0.6 is 0 Å². The zero-order valence-corrected chi connectivity index (χ0v) is 14.1. The van der Waals surface area contributed by atoms with Crippen molar-refractivity contribution < 1.29 is 14.4 Å². The summed E-state index contributed by atoms with van der Waals surface area (Å²) < 4.78 is 0. The Hall–Kier alpha value is -1.71. The third-order valence-electron chi connectivity index (χ3n) is 4.36. The predicted octanol–water partition coefficient (Wildman–Crippen LogP) is 2.69. The summed E-state index contributed by atoms with van der Waals surface area (Å²) in [5, 5.41) is 0. The number of ketones is 2. The number of carbonyl (C=O) groups excluding carboxylic acids is 3. The van der Waals surface area contributed by atoms with Crippen LogP contribution in [0.1, 0.15) is 48.0 Å². The molecule has 1 aliphatic carbocycles. The highest BCUT2D eigenvalue weighted by Crippen LogP contribution is 2.39. The van der Waals surface area contributed by atoms with Gasteiger partial charge in [0.15, 0.2) is 11.6 Å². The highest BCUT2D eigenvalue weighted by atomic mass is 16.2. The van der Waals surface area contributed by atoms with Crippen molar-refractivity contribution >= 4 is 17.5 Å². The second-order valence-electron chi connectivity index (χ2n) is 6.38. The Kier molecular flexibility index (Phi) is 4.92. The lowest BCUT2D eigenvalue weighted by Crippen LogP contribution is -2.35. The van der Waals surface area contributed by atoms with E-state index >= 15 is 0 Å². The van der Waals surface area contributed by atoms with E-state index in [0.717, 1.165) is 0 Å². The van der Waals surface area contributed by atoms with Crippen LogP contribution in [0.25, 0.3) is 0 Å². The summed E-state index contributed by atoms with van der Waals surface area (Å²) in [6.07, 6.45) is 0.218. The minimum absolute atomic E-state index is 0.0213. The molecular formula is C17H25NO3. The number of hydrogen-bond donors (Lipinski definition) is 0. The molecule has 116 valence electrons. The first-order chi connectivity index (χ1) is 9.54. The van der Waals surface area contributed by atoms with Gasteiger partial charge in [-0.2, -0.15) is 0 Å². The molecule has 0 radical (unpaired) electrons. The Morgan fingerprint density at radius 1 is 1.00 bits per heavy atom. The Bertz CT molecular complexity index is 565. The number of carbonyl (C=O) groups is 3. The van der Waals surface area contributed by atoms with E-state index in [1.165, 1.54) is 0 Å². The molecule has 0 fully saturated rings. The zero-order valence-electron chi connectivity index (χ0n) is 14.1. The second-order valence-corrected chi connectivity index (χ2v) is 6.38. The molecule has 1 aliphatic rings. The van der Waals surface area contributed by atoms with E-state index in [9.17, 15) is 14.4 Å². The van der Waals surface area contributed by atoms with Crippen LogP contribution in [0, 0.1) is 5.41 Å². The number of allylic oxidation sites excluding steroid dienone is 4. The van der Waals surface area contributed by atoms with Gasteiger partial charge in [-0.25, -0.2) is 0 Å². The summed E-state index contributed by atoms with van der Waals surface area (Å²) in [4.78, 5) is 38.6. The molecule has 0 aromatic heterocycles. The molecule has 21 heavy (non-hydrogen) atoms. The number of amides is 1. The average molecular weight is 291 g/mol. The summed E-state index contributed by atoms with van der Waals surface area (Å²) in [5.74, 6) is -0.222. The number of hydrogen-bond acceptors (Lipinski definition) is 3. The maximum atomic E-state index is 12.6. The van der Waals surface area contributed by atoms with Crippen LogP contribution < -0.4 is 0 Å². The van der Waals surface area contributed by atoms with E-state index in [1.54, 1.807) is 32.7 Å². The zero-order chi connectivity index (χ0) is 16.5. The monoisotopic (exact) mass is 291 g/mol. The fraction of sp³-hybridized carbons (Fsp3) is 0.588. The highest BCUT2D eigenvalue weighted by molar-refractivity contribution is 6.25. The number of nitrogens with zero attached hydrogens (tertiary/aromatic N) is 1. The third-order valence-corrected chi connectivity index (χ3v) is 4.36. The van der Waals surface area contributed by atoms with Gasteiger partial charge in [-0.1, -0.05) is 13.8 Å². The van der Waals surface area contributed by atoms with Gasteiger partial charge >= 0.3 is 0 Å². The molecule has 1 rings (SSSR count). The van der Waals surface area contributed by atoms with Crippen molar-refractivity contribution in [3.63, 3.8) is 0 Å². The van der Waals surface area contributed by atoms with Crippen molar-refractivity contribution in [1.82, 2.24) is 4.90 Å². The Morgan fingerprint density at radius 3 is 1.95 bits per heavy atom. The summed E-state index contributed by atoms with van der Waals surface area (Å²) >= 11 is 0. The Balaban J connectivity index is 3.21. The van der Waals surface area contributed by atoms with Crippen molar-refractivity contribution in [1.29, 1.82) is 0 Å². The first-order valence-corrected chi connectivity index (χ1v) is 7.26. The van der Waals surface area contributed by atoms with Gasteiger partial charge in [0, 0.05) is 47.7 Å². The van der Waals surface area contributed by atoms with Gasteiger partial charge in [-0.3, -0.25) is 14.4 Å². The van der Waals surface area contributed by atoms with Gasteiger partial charge in [-0.05, 0) is 27.7 Å². The SMILES string of the molecule is CCN(C)C(=O)CC(C)(C)C1=C(C)C(=O)C(C)=C(C)C1=O.